The van der Waals surface area contributed by atoms with E-state index in [0.29, 0.717) is 6.42 Å². The van der Waals surface area contributed by atoms with Gasteiger partial charge in [0, 0.05) is 18.6 Å². The molecule has 0 aliphatic rings. The summed E-state index contributed by atoms with van der Waals surface area (Å²) in [5.41, 5.74) is 2.95. The van der Waals surface area contributed by atoms with Crippen molar-refractivity contribution in [2.45, 2.75) is 32.7 Å². The summed E-state index contributed by atoms with van der Waals surface area (Å²) in [5.74, 6) is -0.00472. The summed E-state index contributed by atoms with van der Waals surface area (Å²) in [6, 6.07) is 7.62. The molecule has 104 valence electrons. The molecule has 0 saturated heterocycles. The molecule has 1 atom stereocenters. The standard InChI is InChI=1S/C16H19N3O/c1-3-14(16-12(2)6-4-9-18-16)19-15(20)10-13-7-5-8-17-11-13/h4-9,11,14H,3,10H2,1-2H3,(H,19,20). The van der Waals surface area contributed by atoms with Gasteiger partial charge in [0.25, 0.3) is 0 Å². The quantitative estimate of drug-likeness (QED) is 0.907. The monoisotopic (exact) mass is 269 g/mol. The summed E-state index contributed by atoms with van der Waals surface area (Å²) in [6.45, 7) is 4.06. The zero-order valence-corrected chi connectivity index (χ0v) is 11.8. The number of nitrogens with one attached hydrogen (secondary N) is 1. The van der Waals surface area contributed by atoms with Gasteiger partial charge >= 0.3 is 0 Å². The Morgan fingerprint density at radius 1 is 1.30 bits per heavy atom. The normalized spacial score (nSPS) is 11.9. The number of hydrogen-bond donors (Lipinski definition) is 1. The molecule has 1 unspecified atom stereocenters. The van der Waals surface area contributed by atoms with Gasteiger partial charge in [0.15, 0.2) is 0 Å². The second-order valence-electron chi connectivity index (χ2n) is 4.77. The molecule has 2 aromatic rings. The van der Waals surface area contributed by atoms with Crippen LogP contribution in [0.4, 0.5) is 0 Å². The fourth-order valence-electron chi connectivity index (χ4n) is 2.16. The zero-order valence-electron chi connectivity index (χ0n) is 11.8. The first-order valence-corrected chi connectivity index (χ1v) is 6.80. The van der Waals surface area contributed by atoms with Gasteiger partial charge in [0.05, 0.1) is 18.2 Å². The van der Waals surface area contributed by atoms with Crippen LogP contribution in [-0.4, -0.2) is 15.9 Å². The molecule has 0 saturated carbocycles. The minimum absolute atomic E-state index is 0.00472. The Hall–Kier alpha value is -2.23. The second-order valence-corrected chi connectivity index (χ2v) is 4.77. The third-order valence-corrected chi connectivity index (χ3v) is 3.21. The van der Waals surface area contributed by atoms with Crippen LogP contribution in [0.3, 0.4) is 0 Å². The van der Waals surface area contributed by atoms with Gasteiger partial charge in [-0.2, -0.15) is 0 Å². The molecule has 2 rings (SSSR count). The molecule has 2 aromatic heterocycles. The van der Waals surface area contributed by atoms with Crippen molar-refractivity contribution < 1.29 is 4.79 Å². The Morgan fingerprint density at radius 2 is 2.10 bits per heavy atom. The van der Waals surface area contributed by atoms with E-state index < -0.39 is 0 Å². The molecule has 0 fully saturated rings. The molecule has 1 amide bonds. The lowest BCUT2D eigenvalue weighted by atomic mass is 10.1. The number of carbonyl (C=O) groups is 1. The van der Waals surface area contributed by atoms with Crippen LogP contribution in [0.2, 0.25) is 0 Å². The minimum atomic E-state index is -0.0413. The number of aromatic nitrogens is 2. The number of pyridine rings is 2. The lowest BCUT2D eigenvalue weighted by Crippen LogP contribution is -2.30. The Labute approximate surface area is 119 Å². The van der Waals surface area contributed by atoms with Gasteiger partial charge in [-0.05, 0) is 36.6 Å². The average Bonchev–Trinajstić information content (AvgIpc) is 2.46. The van der Waals surface area contributed by atoms with Crippen LogP contribution in [0, 0.1) is 6.92 Å². The molecule has 4 nitrogen and oxygen atoms in total. The molecule has 0 spiro atoms. The summed E-state index contributed by atoms with van der Waals surface area (Å²) in [6.07, 6.45) is 6.34. The highest BCUT2D eigenvalue weighted by atomic mass is 16.1. The molecule has 2 heterocycles. The second kappa shape index (κ2) is 6.80. The summed E-state index contributed by atoms with van der Waals surface area (Å²) in [5, 5.41) is 3.04. The predicted octanol–water partition coefficient (Wildman–Crippen LogP) is 2.60. The van der Waals surface area contributed by atoms with E-state index in [4.69, 9.17) is 0 Å². The SMILES string of the molecule is CCC(NC(=O)Cc1cccnc1)c1ncccc1C. The fourth-order valence-corrected chi connectivity index (χ4v) is 2.16. The van der Waals surface area contributed by atoms with E-state index in [0.717, 1.165) is 23.2 Å². The van der Waals surface area contributed by atoms with Crippen LogP contribution < -0.4 is 5.32 Å². The van der Waals surface area contributed by atoms with Crippen molar-refractivity contribution in [2.75, 3.05) is 0 Å². The molecule has 4 heteroatoms. The van der Waals surface area contributed by atoms with E-state index in [2.05, 4.69) is 15.3 Å². The van der Waals surface area contributed by atoms with Crippen LogP contribution in [0.5, 0.6) is 0 Å². The van der Waals surface area contributed by atoms with Gasteiger partial charge < -0.3 is 5.32 Å². The van der Waals surface area contributed by atoms with E-state index in [1.165, 1.54) is 0 Å². The van der Waals surface area contributed by atoms with E-state index in [9.17, 15) is 4.79 Å². The molecule has 0 radical (unpaired) electrons. The largest absolute Gasteiger partial charge is 0.347 e. The molecular formula is C16H19N3O. The van der Waals surface area contributed by atoms with Crippen molar-refractivity contribution in [2.24, 2.45) is 0 Å². The van der Waals surface area contributed by atoms with Crippen molar-refractivity contribution in [1.82, 2.24) is 15.3 Å². The van der Waals surface area contributed by atoms with E-state index >= 15 is 0 Å². The number of hydrogen-bond acceptors (Lipinski definition) is 3. The van der Waals surface area contributed by atoms with Gasteiger partial charge in [-0.25, -0.2) is 0 Å². The molecular weight excluding hydrogens is 250 g/mol. The van der Waals surface area contributed by atoms with Crippen LogP contribution in [0.15, 0.2) is 42.9 Å². The lowest BCUT2D eigenvalue weighted by Gasteiger charge is -2.18. The highest BCUT2D eigenvalue weighted by Crippen LogP contribution is 2.17. The lowest BCUT2D eigenvalue weighted by molar-refractivity contribution is -0.121. The number of amides is 1. The first-order valence-electron chi connectivity index (χ1n) is 6.80. The first kappa shape index (κ1) is 14.2. The summed E-state index contributed by atoms with van der Waals surface area (Å²) in [4.78, 5) is 20.5. The third kappa shape index (κ3) is 3.63. The van der Waals surface area contributed by atoms with Crippen LogP contribution in [0.1, 0.15) is 36.2 Å². The van der Waals surface area contributed by atoms with Gasteiger partial charge in [-0.3, -0.25) is 14.8 Å². The van der Waals surface area contributed by atoms with Crippen molar-refractivity contribution in [1.29, 1.82) is 0 Å². The van der Waals surface area contributed by atoms with Crippen LogP contribution in [0.25, 0.3) is 0 Å². The highest BCUT2D eigenvalue weighted by molar-refractivity contribution is 5.78. The summed E-state index contributed by atoms with van der Waals surface area (Å²) in [7, 11) is 0. The maximum absolute atomic E-state index is 12.1. The molecule has 1 N–H and O–H groups in total. The molecule has 0 aliphatic heterocycles. The maximum Gasteiger partial charge on any atom is 0.225 e. The highest BCUT2D eigenvalue weighted by Gasteiger charge is 2.15. The Kier molecular flexibility index (Phi) is 4.82. The Balaban J connectivity index is 2.04. The summed E-state index contributed by atoms with van der Waals surface area (Å²) >= 11 is 0. The number of rotatable bonds is 5. The third-order valence-electron chi connectivity index (χ3n) is 3.21. The average molecular weight is 269 g/mol. The fraction of sp³-hybridized carbons (Fsp3) is 0.312. The number of nitrogens with zero attached hydrogens (tertiary/aromatic N) is 2. The number of carbonyl (C=O) groups excluding carboxylic acids is 1. The molecule has 0 aliphatic carbocycles. The zero-order chi connectivity index (χ0) is 14.4. The van der Waals surface area contributed by atoms with Gasteiger partial charge in [0.1, 0.15) is 0 Å². The Bertz CT molecular complexity index is 569. The van der Waals surface area contributed by atoms with Gasteiger partial charge in [-0.15, -0.1) is 0 Å². The van der Waals surface area contributed by atoms with Gasteiger partial charge in [0.2, 0.25) is 5.91 Å². The summed E-state index contributed by atoms with van der Waals surface area (Å²) < 4.78 is 0. The minimum Gasteiger partial charge on any atom is -0.347 e. The van der Waals surface area contributed by atoms with Crippen LogP contribution >= 0.6 is 0 Å². The van der Waals surface area contributed by atoms with E-state index in [1.807, 2.05) is 38.1 Å². The van der Waals surface area contributed by atoms with E-state index in [1.54, 1.807) is 18.6 Å². The van der Waals surface area contributed by atoms with Crippen molar-refractivity contribution in [3.8, 4) is 0 Å². The Morgan fingerprint density at radius 3 is 2.75 bits per heavy atom. The number of aryl methyl sites for hydroxylation is 1. The van der Waals surface area contributed by atoms with Crippen molar-refractivity contribution in [3.05, 3.63) is 59.7 Å². The van der Waals surface area contributed by atoms with E-state index in [-0.39, 0.29) is 11.9 Å². The van der Waals surface area contributed by atoms with Crippen molar-refractivity contribution >= 4 is 5.91 Å². The van der Waals surface area contributed by atoms with Crippen molar-refractivity contribution in [3.63, 3.8) is 0 Å². The van der Waals surface area contributed by atoms with Gasteiger partial charge in [-0.1, -0.05) is 19.1 Å². The maximum atomic E-state index is 12.1. The van der Waals surface area contributed by atoms with Crippen LogP contribution in [-0.2, 0) is 11.2 Å². The first-order chi connectivity index (χ1) is 9.70. The topological polar surface area (TPSA) is 54.9 Å². The smallest absolute Gasteiger partial charge is 0.225 e. The molecule has 20 heavy (non-hydrogen) atoms. The molecule has 0 aromatic carbocycles. The molecule has 0 bridgehead atoms. The predicted molar refractivity (Wildman–Crippen MR) is 78.1 cm³/mol.